The fourth-order valence-corrected chi connectivity index (χ4v) is 3.51. The number of nitro benzene ring substituents is 1. The zero-order chi connectivity index (χ0) is 24.4. The average molecular weight is 477 g/mol. The Morgan fingerprint density at radius 1 is 1.03 bits per heavy atom. The highest BCUT2D eigenvalue weighted by Gasteiger charge is 2.16. The summed E-state index contributed by atoms with van der Waals surface area (Å²) < 4.78 is 5.18. The van der Waals surface area contributed by atoms with Crippen LogP contribution in [0.3, 0.4) is 0 Å². The van der Waals surface area contributed by atoms with Gasteiger partial charge in [0, 0.05) is 22.9 Å². The molecule has 0 atom stereocenters. The number of carbonyl (C=O) groups is 1. The highest BCUT2D eigenvalue weighted by atomic mass is 32.1. The van der Waals surface area contributed by atoms with E-state index in [-0.39, 0.29) is 16.4 Å². The summed E-state index contributed by atoms with van der Waals surface area (Å²) in [5.41, 5.74) is 4.07. The normalized spacial score (nSPS) is 10.7. The van der Waals surface area contributed by atoms with Gasteiger partial charge < -0.3 is 10.1 Å². The van der Waals surface area contributed by atoms with E-state index in [9.17, 15) is 14.9 Å². The van der Waals surface area contributed by atoms with Gasteiger partial charge in [0.25, 0.3) is 11.6 Å². The van der Waals surface area contributed by atoms with Crippen LogP contribution in [0.5, 0.6) is 5.75 Å². The second-order valence-corrected chi connectivity index (χ2v) is 7.92. The predicted molar refractivity (Wildman–Crippen MR) is 132 cm³/mol. The van der Waals surface area contributed by atoms with Gasteiger partial charge in [-0.15, -0.1) is 10.2 Å². The van der Waals surface area contributed by atoms with Gasteiger partial charge >= 0.3 is 0 Å². The molecule has 0 bridgehead atoms. The number of aryl methyl sites for hydroxylation is 2. The third kappa shape index (κ3) is 4.69. The summed E-state index contributed by atoms with van der Waals surface area (Å²) in [5, 5.41) is 25.8. The van der Waals surface area contributed by atoms with Crippen molar-refractivity contribution in [1.82, 2.24) is 20.3 Å². The number of anilines is 1. The number of fused-ring (bicyclic) bond motifs is 1. The Bertz CT molecular complexity index is 1430. The quantitative estimate of drug-likeness (QED) is 0.251. The molecule has 0 fully saturated rings. The topological polar surface area (TPSA) is 124 Å². The molecule has 10 nitrogen and oxygen atoms in total. The van der Waals surface area contributed by atoms with Gasteiger partial charge in [0.05, 0.1) is 17.7 Å². The number of ether oxygens (including phenoxy) is 1. The molecule has 4 aromatic rings. The average Bonchev–Trinajstić information content (AvgIpc) is 3.22. The Morgan fingerprint density at radius 2 is 1.71 bits per heavy atom. The summed E-state index contributed by atoms with van der Waals surface area (Å²) in [7, 11) is 1.60. The van der Waals surface area contributed by atoms with Crippen LogP contribution in [0.2, 0.25) is 0 Å². The molecule has 1 aromatic heterocycles. The largest absolute Gasteiger partial charge is 0.497 e. The zero-order valence-electron chi connectivity index (χ0n) is 18.5. The molecule has 2 N–H and O–H groups in total. The predicted octanol–water partition coefficient (Wildman–Crippen LogP) is 4.08. The van der Waals surface area contributed by atoms with Crippen LogP contribution in [-0.4, -0.2) is 38.0 Å². The summed E-state index contributed by atoms with van der Waals surface area (Å²) in [6, 6.07) is 15.3. The number of amides is 1. The number of hydrogen-bond donors (Lipinski definition) is 2. The van der Waals surface area contributed by atoms with Gasteiger partial charge in [-0.3, -0.25) is 20.2 Å². The van der Waals surface area contributed by atoms with Crippen LogP contribution in [-0.2, 0) is 0 Å². The van der Waals surface area contributed by atoms with E-state index in [4.69, 9.17) is 17.0 Å². The minimum Gasteiger partial charge on any atom is -0.497 e. The van der Waals surface area contributed by atoms with E-state index in [1.54, 1.807) is 20.1 Å². The fourth-order valence-electron chi connectivity index (χ4n) is 3.31. The number of nitrogens with zero attached hydrogens (tertiary/aromatic N) is 4. The first-order valence-corrected chi connectivity index (χ1v) is 10.6. The van der Waals surface area contributed by atoms with Crippen LogP contribution in [0.15, 0.2) is 54.6 Å². The molecule has 172 valence electrons. The number of methoxy groups -OCH3 is 1. The number of thiocarbonyl (C=S) groups is 1. The third-order valence-corrected chi connectivity index (χ3v) is 5.38. The second kappa shape index (κ2) is 9.24. The van der Waals surface area contributed by atoms with Crippen molar-refractivity contribution in [2.45, 2.75) is 13.8 Å². The number of carbonyl (C=O) groups excluding carboxylic acids is 1. The van der Waals surface area contributed by atoms with E-state index in [1.807, 2.05) is 37.3 Å². The maximum atomic E-state index is 12.5. The van der Waals surface area contributed by atoms with Gasteiger partial charge in [0.1, 0.15) is 16.8 Å². The van der Waals surface area contributed by atoms with Crippen molar-refractivity contribution in [2.24, 2.45) is 0 Å². The summed E-state index contributed by atoms with van der Waals surface area (Å²) in [6.45, 7) is 3.48. The minimum absolute atomic E-state index is 0.0539. The van der Waals surface area contributed by atoms with Crippen LogP contribution >= 0.6 is 12.2 Å². The molecule has 4 rings (SSSR count). The Balaban J connectivity index is 1.51. The Labute approximate surface area is 199 Å². The standard InChI is InChI=1S/C23H20N6O4S/c1-13-4-5-15(11-21(13)29(31)32)22(30)25-23(34)24-18-12-20-19(10-14(18)2)26-28(27-20)16-6-8-17(33-3)9-7-16/h4-12H,1-3H3,(H2,24,25,30,34). The van der Waals surface area contributed by atoms with Gasteiger partial charge in [0.15, 0.2) is 5.11 Å². The molecule has 0 unspecified atom stereocenters. The molecule has 1 heterocycles. The Morgan fingerprint density at radius 3 is 2.35 bits per heavy atom. The molecule has 0 spiro atoms. The first-order valence-electron chi connectivity index (χ1n) is 10.1. The lowest BCUT2D eigenvalue weighted by Gasteiger charge is -2.12. The van der Waals surface area contributed by atoms with Gasteiger partial charge in [-0.2, -0.15) is 4.80 Å². The summed E-state index contributed by atoms with van der Waals surface area (Å²) >= 11 is 5.28. The number of nitrogens with one attached hydrogen (secondary N) is 2. The van der Waals surface area contributed by atoms with Gasteiger partial charge in [-0.05, 0) is 74.1 Å². The van der Waals surface area contributed by atoms with Crippen molar-refractivity contribution in [3.05, 3.63) is 81.4 Å². The van der Waals surface area contributed by atoms with E-state index < -0.39 is 10.8 Å². The molecule has 3 aromatic carbocycles. The first-order chi connectivity index (χ1) is 16.2. The van der Waals surface area contributed by atoms with E-state index in [0.29, 0.717) is 22.3 Å². The molecule has 0 aliphatic carbocycles. The number of nitro groups is 1. The van der Waals surface area contributed by atoms with E-state index in [1.165, 1.54) is 23.0 Å². The van der Waals surface area contributed by atoms with Crippen molar-refractivity contribution in [1.29, 1.82) is 0 Å². The molecule has 0 saturated carbocycles. The molecule has 34 heavy (non-hydrogen) atoms. The molecule has 11 heteroatoms. The SMILES string of the molecule is COc1ccc(-n2nc3cc(C)c(NC(=S)NC(=O)c4ccc(C)c([N+](=O)[O-])c4)cc3n2)cc1. The lowest BCUT2D eigenvalue weighted by Crippen LogP contribution is -2.34. The summed E-state index contributed by atoms with van der Waals surface area (Å²) in [4.78, 5) is 24.7. The van der Waals surface area contributed by atoms with Crippen LogP contribution in [0, 0.1) is 24.0 Å². The fraction of sp³-hybridized carbons (Fsp3) is 0.130. The molecular formula is C23H20N6O4S. The molecular weight excluding hydrogens is 456 g/mol. The number of aromatic nitrogens is 3. The Kier molecular flexibility index (Phi) is 6.19. The van der Waals surface area contributed by atoms with E-state index >= 15 is 0 Å². The lowest BCUT2D eigenvalue weighted by atomic mass is 10.1. The van der Waals surface area contributed by atoms with Crippen LogP contribution < -0.4 is 15.4 Å². The summed E-state index contributed by atoms with van der Waals surface area (Å²) in [6.07, 6.45) is 0. The third-order valence-electron chi connectivity index (χ3n) is 5.17. The lowest BCUT2D eigenvalue weighted by molar-refractivity contribution is -0.385. The van der Waals surface area contributed by atoms with Crippen molar-refractivity contribution >= 4 is 45.6 Å². The van der Waals surface area contributed by atoms with Crippen LogP contribution in [0.1, 0.15) is 21.5 Å². The van der Waals surface area contributed by atoms with Crippen LogP contribution in [0.4, 0.5) is 11.4 Å². The molecule has 0 saturated heterocycles. The number of hydrogen-bond acceptors (Lipinski definition) is 7. The maximum absolute atomic E-state index is 12.5. The monoisotopic (exact) mass is 476 g/mol. The van der Waals surface area contributed by atoms with Crippen molar-refractivity contribution in [3.63, 3.8) is 0 Å². The van der Waals surface area contributed by atoms with Crippen LogP contribution in [0.25, 0.3) is 16.7 Å². The molecule has 0 aliphatic rings. The second-order valence-electron chi connectivity index (χ2n) is 7.51. The van der Waals surface area contributed by atoms with E-state index in [2.05, 4.69) is 20.8 Å². The molecule has 1 amide bonds. The summed E-state index contributed by atoms with van der Waals surface area (Å²) in [5.74, 6) is 0.184. The molecule has 0 radical (unpaired) electrons. The Hall–Kier alpha value is -4.38. The maximum Gasteiger partial charge on any atom is 0.273 e. The van der Waals surface area contributed by atoms with Crippen molar-refractivity contribution in [2.75, 3.05) is 12.4 Å². The molecule has 0 aliphatic heterocycles. The number of benzene rings is 3. The van der Waals surface area contributed by atoms with Crippen molar-refractivity contribution in [3.8, 4) is 11.4 Å². The van der Waals surface area contributed by atoms with Gasteiger partial charge in [0.2, 0.25) is 0 Å². The number of rotatable bonds is 5. The van der Waals surface area contributed by atoms with Gasteiger partial charge in [-0.1, -0.05) is 6.07 Å². The van der Waals surface area contributed by atoms with Gasteiger partial charge in [-0.25, -0.2) is 0 Å². The smallest absolute Gasteiger partial charge is 0.273 e. The highest BCUT2D eigenvalue weighted by Crippen LogP contribution is 2.23. The van der Waals surface area contributed by atoms with E-state index in [0.717, 1.165) is 17.0 Å². The first kappa shape index (κ1) is 22.8. The zero-order valence-corrected chi connectivity index (χ0v) is 19.3. The van der Waals surface area contributed by atoms with Crippen molar-refractivity contribution < 1.29 is 14.5 Å². The highest BCUT2D eigenvalue weighted by molar-refractivity contribution is 7.80. The minimum atomic E-state index is -0.551.